The van der Waals surface area contributed by atoms with Crippen LogP contribution in [-0.2, 0) is 22.5 Å². The van der Waals surface area contributed by atoms with E-state index in [0.717, 1.165) is 36.2 Å². The third-order valence-corrected chi connectivity index (χ3v) is 5.06. The number of hydrogen-bond donors (Lipinski definition) is 1. The molecule has 3 rings (SSSR count). The second kappa shape index (κ2) is 9.02. The molecule has 0 saturated carbocycles. The summed E-state index contributed by atoms with van der Waals surface area (Å²) in [4.78, 5) is 16.4. The fraction of sp³-hybridized carbons (Fsp3) is 0.391. The maximum Gasteiger partial charge on any atom is 0.245 e. The molecular formula is C23H29N3O2. The Balaban J connectivity index is 1.83. The van der Waals surface area contributed by atoms with Crippen LogP contribution in [0.5, 0.6) is 0 Å². The third kappa shape index (κ3) is 4.60. The monoisotopic (exact) mass is 379 g/mol. The smallest absolute Gasteiger partial charge is 0.245 e. The molecule has 2 aromatic carbocycles. The van der Waals surface area contributed by atoms with E-state index >= 15 is 0 Å². The van der Waals surface area contributed by atoms with Gasteiger partial charge in [-0.25, -0.2) is 4.98 Å². The van der Waals surface area contributed by atoms with Crippen molar-refractivity contribution < 1.29 is 9.53 Å². The molecule has 0 bridgehead atoms. The largest absolute Gasteiger partial charge is 0.375 e. The lowest BCUT2D eigenvalue weighted by Gasteiger charge is -2.15. The van der Waals surface area contributed by atoms with Crippen LogP contribution in [0.2, 0.25) is 0 Å². The van der Waals surface area contributed by atoms with Gasteiger partial charge in [-0.15, -0.1) is 0 Å². The number of aromatic nitrogens is 2. The van der Waals surface area contributed by atoms with Crippen molar-refractivity contribution in [2.45, 2.75) is 40.2 Å². The van der Waals surface area contributed by atoms with E-state index in [0.29, 0.717) is 6.54 Å². The van der Waals surface area contributed by atoms with Crippen molar-refractivity contribution in [3.05, 3.63) is 64.5 Å². The normalized spacial score (nSPS) is 11.1. The minimum atomic E-state index is -0.0816. The summed E-state index contributed by atoms with van der Waals surface area (Å²) in [7, 11) is 1.52. The van der Waals surface area contributed by atoms with E-state index in [-0.39, 0.29) is 12.5 Å². The van der Waals surface area contributed by atoms with Gasteiger partial charge in [0.2, 0.25) is 5.91 Å². The number of rotatable bonds is 8. The lowest BCUT2D eigenvalue weighted by atomic mass is 9.99. The van der Waals surface area contributed by atoms with Gasteiger partial charge in [-0.1, -0.05) is 29.8 Å². The summed E-state index contributed by atoms with van der Waals surface area (Å²) in [6, 6.07) is 12.8. The van der Waals surface area contributed by atoms with Crippen LogP contribution in [0.3, 0.4) is 0 Å². The van der Waals surface area contributed by atoms with Gasteiger partial charge < -0.3 is 14.6 Å². The molecule has 0 radical (unpaired) electrons. The highest BCUT2D eigenvalue weighted by Gasteiger charge is 2.13. The number of benzene rings is 2. The van der Waals surface area contributed by atoms with Crippen molar-refractivity contribution in [3.63, 3.8) is 0 Å². The Morgan fingerprint density at radius 3 is 2.57 bits per heavy atom. The molecule has 0 aliphatic heterocycles. The van der Waals surface area contributed by atoms with Gasteiger partial charge in [0, 0.05) is 26.6 Å². The molecule has 0 aliphatic carbocycles. The molecule has 148 valence electrons. The third-order valence-electron chi connectivity index (χ3n) is 5.06. The zero-order chi connectivity index (χ0) is 20.1. The number of carbonyl (C=O) groups excluding carboxylic acids is 1. The molecule has 1 heterocycles. The number of ether oxygens (including phenoxy) is 1. The van der Waals surface area contributed by atoms with Crippen LogP contribution < -0.4 is 5.32 Å². The molecule has 1 amide bonds. The second-order valence-corrected chi connectivity index (χ2v) is 7.37. The first kappa shape index (κ1) is 20.1. The first-order chi connectivity index (χ1) is 13.5. The SMILES string of the molecule is COCC(=O)NCCCc1nc2ccccc2n1Cc1c(C)cc(C)cc1C. The molecule has 5 nitrogen and oxygen atoms in total. The lowest BCUT2D eigenvalue weighted by molar-refractivity contribution is -0.124. The molecule has 0 fully saturated rings. The Morgan fingerprint density at radius 1 is 1.14 bits per heavy atom. The van der Waals surface area contributed by atoms with E-state index in [1.54, 1.807) is 0 Å². The standard InChI is InChI=1S/C23H29N3O2/c1-16-12-17(2)19(18(3)13-16)14-26-21-9-6-5-8-20(21)25-22(26)10-7-11-24-23(27)15-28-4/h5-6,8-9,12-13H,7,10-11,14-15H2,1-4H3,(H,24,27). The first-order valence-electron chi connectivity index (χ1n) is 9.76. The summed E-state index contributed by atoms with van der Waals surface area (Å²) >= 11 is 0. The first-order valence-corrected chi connectivity index (χ1v) is 9.76. The van der Waals surface area contributed by atoms with Gasteiger partial charge in [0.1, 0.15) is 12.4 Å². The fourth-order valence-electron chi connectivity index (χ4n) is 3.77. The number of nitrogens with one attached hydrogen (secondary N) is 1. The minimum Gasteiger partial charge on any atom is -0.375 e. The number of methoxy groups -OCH3 is 1. The van der Waals surface area contributed by atoms with Crippen molar-refractivity contribution in [2.24, 2.45) is 0 Å². The van der Waals surface area contributed by atoms with Crippen LogP contribution in [0.1, 0.15) is 34.5 Å². The molecule has 1 N–H and O–H groups in total. The molecule has 3 aromatic rings. The highest BCUT2D eigenvalue weighted by atomic mass is 16.5. The van der Waals surface area contributed by atoms with Crippen LogP contribution in [0.15, 0.2) is 36.4 Å². The van der Waals surface area contributed by atoms with E-state index < -0.39 is 0 Å². The molecule has 28 heavy (non-hydrogen) atoms. The summed E-state index contributed by atoms with van der Waals surface area (Å²) in [6.07, 6.45) is 1.65. The average Bonchev–Trinajstić information content (AvgIpc) is 2.99. The molecule has 0 unspecified atom stereocenters. The van der Waals surface area contributed by atoms with Crippen LogP contribution in [-0.4, -0.2) is 35.7 Å². The summed E-state index contributed by atoms with van der Waals surface area (Å²) in [5.41, 5.74) is 7.44. The minimum absolute atomic E-state index is 0.0816. The lowest BCUT2D eigenvalue weighted by Crippen LogP contribution is -2.28. The van der Waals surface area contributed by atoms with Crippen molar-refractivity contribution in [3.8, 4) is 0 Å². The van der Waals surface area contributed by atoms with Crippen LogP contribution >= 0.6 is 0 Å². The summed E-state index contributed by atoms with van der Waals surface area (Å²) < 4.78 is 7.16. The highest BCUT2D eigenvalue weighted by molar-refractivity contribution is 5.77. The Bertz CT molecular complexity index is 952. The zero-order valence-corrected chi connectivity index (χ0v) is 17.2. The molecule has 0 spiro atoms. The van der Waals surface area contributed by atoms with E-state index in [4.69, 9.17) is 9.72 Å². The Hall–Kier alpha value is -2.66. The maximum absolute atomic E-state index is 11.5. The van der Waals surface area contributed by atoms with Crippen molar-refractivity contribution in [1.29, 1.82) is 0 Å². The van der Waals surface area contributed by atoms with Gasteiger partial charge in [-0.3, -0.25) is 4.79 Å². The zero-order valence-electron chi connectivity index (χ0n) is 17.2. The van der Waals surface area contributed by atoms with Crippen LogP contribution in [0.25, 0.3) is 11.0 Å². The number of aryl methyl sites for hydroxylation is 4. The number of imidazole rings is 1. The second-order valence-electron chi connectivity index (χ2n) is 7.37. The predicted octanol–water partition coefficient (Wildman–Crippen LogP) is 3.71. The molecule has 0 aliphatic rings. The number of fused-ring (bicyclic) bond motifs is 1. The molecule has 5 heteroatoms. The van der Waals surface area contributed by atoms with E-state index in [9.17, 15) is 4.79 Å². The van der Waals surface area contributed by atoms with Gasteiger partial charge in [0.05, 0.1) is 11.0 Å². The summed E-state index contributed by atoms with van der Waals surface area (Å²) in [5.74, 6) is 0.975. The summed E-state index contributed by atoms with van der Waals surface area (Å²) in [6.45, 7) is 8.03. The van der Waals surface area contributed by atoms with Gasteiger partial charge >= 0.3 is 0 Å². The van der Waals surface area contributed by atoms with E-state index in [1.807, 2.05) is 6.07 Å². The van der Waals surface area contributed by atoms with E-state index in [2.05, 4.69) is 61.0 Å². The van der Waals surface area contributed by atoms with Crippen molar-refractivity contribution in [2.75, 3.05) is 20.3 Å². The number of para-hydroxylation sites is 2. The number of hydrogen-bond acceptors (Lipinski definition) is 3. The highest BCUT2D eigenvalue weighted by Crippen LogP contribution is 2.23. The van der Waals surface area contributed by atoms with Gasteiger partial charge in [-0.2, -0.15) is 0 Å². The topological polar surface area (TPSA) is 56.1 Å². The number of amides is 1. The number of carbonyl (C=O) groups is 1. The molecule has 1 aromatic heterocycles. The van der Waals surface area contributed by atoms with Crippen molar-refractivity contribution >= 4 is 16.9 Å². The van der Waals surface area contributed by atoms with Crippen LogP contribution in [0, 0.1) is 20.8 Å². The Morgan fingerprint density at radius 2 is 1.86 bits per heavy atom. The molecule has 0 saturated heterocycles. The summed E-state index contributed by atoms with van der Waals surface area (Å²) in [5, 5.41) is 2.88. The van der Waals surface area contributed by atoms with Gasteiger partial charge in [0.15, 0.2) is 0 Å². The Labute approximate surface area is 166 Å². The number of nitrogens with zero attached hydrogens (tertiary/aromatic N) is 2. The maximum atomic E-state index is 11.5. The quantitative estimate of drug-likeness (QED) is 0.607. The molecule has 0 atom stereocenters. The van der Waals surface area contributed by atoms with Crippen molar-refractivity contribution in [1.82, 2.24) is 14.9 Å². The predicted molar refractivity (Wildman–Crippen MR) is 113 cm³/mol. The fourth-order valence-corrected chi connectivity index (χ4v) is 3.77. The average molecular weight is 380 g/mol. The van der Waals surface area contributed by atoms with Crippen LogP contribution in [0.4, 0.5) is 0 Å². The molecular weight excluding hydrogens is 350 g/mol. The van der Waals surface area contributed by atoms with Gasteiger partial charge in [0.25, 0.3) is 0 Å². The van der Waals surface area contributed by atoms with Gasteiger partial charge in [-0.05, 0) is 56.0 Å². The Kier molecular flexibility index (Phi) is 6.47. The van der Waals surface area contributed by atoms with E-state index in [1.165, 1.54) is 29.4 Å².